The quantitative estimate of drug-likeness (QED) is 0.823. The molecule has 2 heterocycles. The molecule has 5 nitrogen and oxygen atoms in total. The summed E-state index contributed by atoms with van der Waals surface area (Å²) in [5, 5.41) is 2.81. The number of fused-ring (bicyclic) bond motifs is 1. The zero-order valence-electron chi connectivity index (χ0n) is 9.68. The zero-order chi connectivity index (χ0) is 12.5. The molecule has 1 aromatic heterocycles. The van der Waals surface area contributed by atoms with Gasteiger partial charge < -0.3 is 11.1 Å². The van der Waals surface area contributed by atoms with Crippen molar-refractivity contribution in [3.63, 3.8) is 0 Å². The number of hydrogen-bond acceptors (Lipinski definition) is 4. The van der Waals surface area contributed by atoms with E-state index in [2.05, 4.69) is 15.3 Å². The van der Waals surface area contributed by atoms with Crippen LogP contribution < -0.4 is 11.1 Å². The molecule has 1 aliphatic heterocycles. The number of hydrogen-bond donors (Lipinski definition) is 2. The standard InChI is InChI=1S/C13H12N4O/c14-7-12-15-4-3-11(16-12)8-1-2-10-9(5-8)6-13(18)17-10/h1-5H,6-7,14H2,(H,17,18). The summed E-state index contributed by atoms with van der Waals surface area (Å²) in [7, 11) is 0. The number of aromatic nitrogens is 2. The smallest absolute Gasteiger partial charge is 0.228 e. The number of carbonyl (C=O) groups excluding carboxylic acids is 1. The molecule has 0 atom stereocenters. The molecular weight excluding hydrogens is 228 g/mol. The van der Waals surface area contributed by atoms with Crippen LogP contribution in [0, 0.1) is 0 Å². The molecule has 3 rings (SSSR count). The van der Waals surface area contributed by atoms with Crippen molar-refractivity contribution in [1.29, 1.82) is 0 Å². The summed E-state index contributed by atoms with van der Waals surface area (Å²) in [6, 6.07) is 7.66. The van der Waals surface area contributed by atoms with Gasteiger partial charge in [-0.15, -0.1) is 0 Å². The third-order valence-corrected chi connectivity index (χ3v) is 2.91. The van der Waals surface area contributed by atoms with Crippen molar-refractivity contribution in [1.82, 2.24) is 9.97 Å². The monoisotopic (exact) mass is 240 g/mol. The average Bonchev–Trinajstić information content (AvgIpc) is 2.77. The zero-order valence-corrected chi connectivity index (χ0v) is 9.68. The fraction of sp³-hybridized carbons (Fsp3) is 0.154. The van der Waals surface area contributed by atoms with Crippen LogP contribution in [0.3, 0.4) is 0 Å². The van der Waals surface area contributed by atoms with Gasteiger partial charge in [0.15, 0.2) is 0 Å². The number of nitrogens with zero attached hydrogens (tertiary/aromatic N) is 2. The third-order valence-electron chi connectivity index (χ3n) is 2.91. The van der Waals surface area contributed by atoms with Crippen molar-refractivity contribution < 1.29 is 4.79 Å². The highest BCUT2D eigenvalue weighted by molar-refractivity contribution is 5.99. The lowest BCUT2D eigenvalue weighted by molar-refractivity contribution is -0.115. The van der Waals surface area contributed by atoms with Crippen LogP contribution in [0.2, 0.25) is 0 Å². The maximum absolute atomic E-state index is 11.3. The first-order chi connectivity index (χ1) is 8.76. The van der Waals surface area contributed by atoms with Crippen LogP contribution in [-0.2, 0) is 17.8 Å². The van der Waals surface area contributed by atoms with Crippen molar-refractivity contribution in [3.8, 4) is 11.3 Å². The number of amides is 1. The van der Waals surface area contributed by atoms with E-state index in [1.165, 1.54) is 0 Å². The molecule has 1 aliphatic rings. The maximum atomic E-state index is 11.3. The summed E-state index contributed by atoms with van der Waals surface area (Å²) in [5.41, 5.74) is 9.22. The summed E-state index contributed by atoms with van der Waals surface area (Å²) >= 11 is 0. The lowest BCUT2D eigenvalue weighted by atomic mass is 10.1. The second-order valence-electron chi connectivity index (χ2n) is 4.16. The first-order valence-corrected chi connectivity index (χ1v) is 5.71. The van der Waals surface area contributed by atoms with E-state index in [-0.39, 0.29) is 5.91 Å². The van der Waals surface area contributed by atoms with Crippen LogP contribution in [0.25, 0.3) is 11.3 Å². The fourth-order valence-corrected chi connectivity index (χ4v) is 2.05. The van der Waals surface area contributed by atoms with Crippen molar-refractivity contribution in [2.45, 2.75) is 13.0 Å². The molecular formula is C13H12N4O. The molecule has 5 heteroatoms. The molecule has 0 aliphatic carbocycles. The van der Waals surface area contributed by atoms with Gasteiger partial charge in [-0.3, -0.25) is 4.79 Å². The van der Waals surface area contributed by atoms with Gasteiger partial charge in [-0.1, -0.05) is 6.07 Å². The first-order valence-electron chi connectivity index (χ1n) is 5.71. The van der Waals surface area contributed by atoms with Crippen molar-refractivity contribution >= 4 is 11.6 Å². The molecule has 1 amide bonds. The molecule has 0 radical (unpaired) electrons. The lowest BCUT2D eigenvalue weighted by Gasteiger charge is -2.04. The Morgan fingerprint density at radius 1 is 1.33 bits per heavy atom. The van der Waals surface area contributed by atoms with Crippen LogP contribution >= 0.6 is 0 Å². The Bertz CT molecular complexity index is 624. The lowest BCUT2D eigenvalue weighted by Crippen LogP contribution is -2.03. The van der Waals surface area contributed by atoms with Crippen LogP contribution in [0.5, 0.6) is 0 Å². The van der Waals surface area contributed by atoms with Gasteiger partial charge in [0, 0.05) is 17.4 Å². The summed E-state index contributed by atoms with van der Waals surface area (Å²) in [6.45, 7) is 0.318. The van der Waals surface area contributed by atoms with E-state index in [1.54, 1.807) is 6.20 Å². The Morgan fingerprint density at radius 2 is 2.22 bits per heavy atom. The number of carbonyl (C=O) groups is 1. The minimum Gasteiger partial charge on any atom is -0.326 e. The molecule has 0 spiro atoms. The fourth-order valence-electron chi connectivity index (χ4n) is 2.05. The van der Waals surface area contributed by atoms with Crippen LogP contribution in [0.15, 0.2) is 30.5 Å². The minimum atomic E-state index is 0.0347. The van der Waals surface area contributed by atoms with Crippen LogP contribution in [0.1, 0.15) is 11.4 Å². The van der Waals surface area contributed by atoms with Gasteiger partial charge in [-0.05, 0) is 23.8 Å². The topological polar surface area (TPSA) is 80.9 Å². The van der Waals surface area contributed by atoms with Crippen LogP contribution in [-0.4, -0.2) is 15.9 Å². The number of benzene rings is 1. The van der Waals surface area contributed by atoms with E-state index in [4.69, 9.17) is 5.73 Å². The van der Waals surface area contributed by atoms with E-state index in [9.17, 15) is 4.79 Å². The average molecular weight is 240 g/mol. The van der Waals surface area contributed by atoms with E-state index < -0.39 is 0 Å². The normalized spacial score (nSPS) is 13.3. The molecule has 0 saturated heterocycles. The molecule has 0 fully saturated rings. The van der Waals surface area contributed by atoms with E-state index >= 15 is 0 Å². The highest BCUT2D eigenvalue weighted by Gasteiger charge is 2.17. The maximum Gasteiger partial charge on any atom is 0.228 e. The Balaban J connectivity index is 2.02. The van der Waals surface area contributed by atoms with Crippen molar-refractivity contribution in [3.05, 3.63) is 41.9 Å². The molecule has 3 N–H and O–H groups in total. The van der Waals surface area contributed by atoms with Gasteiger partial charge in [-0.2, -0.15) is 0 Å². The number of anilines is 1. The van der Waals surface area contributed by atoms with E-state index in [0.717, 1.165) is 22.5 Å². The second kappa shape index (κ2) is 4.19. The van der Waals surface area contributed by atoms with Crippen LogP contribution in [0.4, 0.5) is 5.69 Å². The van der Waals surface area contributed by atoms with E-state index in [1.807, 2.05) is 24.3 Å². The molecule has 18 heavy (non-hydrogen) atoms. The largest absolute Gasteiger partial charge is 0.326 e. The number of nitrogens with one attached hydrogen (secondary N) is 1. The predicted octanol–water partition coefficient (Wildman–Crippen LogP) is 1.10. The number of rotatable bonds is 2. The Kier molecular flexibility index (Phi) is 2.53. The van der Waals surface area contributed by atoms with Gasteiger partial charge in [0.25, 0.3) is 0 Å². The van der Waals surface area contributed by atoms with Gasteiger partial charge in [0.2, 0.25) is 5.91 Å². The summed E-state index contributed by atoms with van der Waals surface area (Å²) in [5.74, 6) is 0.648. The van der Waals surface area contributed by atoms with Gasteiger partial charge in [0.1, 0.15) is 5.82 Å². The Morgan fingerprint density at radius 3 is 3.06 bits per heavy atom. The summed E-state index contributed by atoms with van der Waals surface area (Å²) in [4.78, 5) is 19.7. The molecule has 0 unspecified atom stereocenters. The Labute approximate surface area is 104 Å². The first kappa shape index (κ1) is 10.9. The van der Waals surface area contributed by atoms with Crippen molar-refractivity contribution in [2.75, 3.05) is 5.32 Å². The third kappa shape index (κ3) is 1.84. The van der Waals surface area contributed by atoms with Gasteiger partial charge in [0.05, 0.1) is 18.7 Å². The highest BCUT2D eigenvalue weighted by Crippen LogP contribution is 2.27. The van der Waals surface area contributed by atoms with Gasteiger partial charge in [-0.25, -0.2) is 9.97 Å². The molecule has 2 aromatic rings. The van der Waals surface area contributed by atoms with E-state index in [0.29, 0.717) is 18.8 Å². The highest BCUT2D eigenvalue weighted by atomic mass is 16.1. The van der Waals surface area contributed by atoms with Crippen molar-refractivity contribution in [2.24, 2.45) is 5.73 Å². The Hall–Kier alpha value is -2.27. The second-order valence-corrected chi connectivity index (χ2v) is 4.16. The SMILES string of the molecule is NCc1nccc(-c2ccc3c(c2)CC(=O)N3)n1. The van der Waals surface area contributed by atoms with Gasteiger partial charge >= 0.3 is 0 Å². The predicted molar refractivity (Wildman–Crippen MR) is 67.7 cm³/mol. The minimum absolute atomic E-state index is 0.0347. The molecule has 0 bridgehead atoms. The summed E-state index contributed by atoms with van der Waals surface area (Å²) < 4.78 is 0. The molecule has 0 saturated carbocycles. The number of nitrogens with two attached hydrogens (primary N) is 1. The summed E-state index contributed by atoms with van der Waals surface area (Å²) in [6.07, 6.45) is 2.12. The molecule has 90 valence electrons. The molecule has 1 aromatic carbocycles.